The molecule has 0 radical (unpaired) electrons. The zero-order valence-electron chi connectivity index (χ0n) is 15.6. The maximum atomic E-state index is 13.2. The third kappa shape index (κ3) is 4.02. The molecule has 1 aliphatic rings. The average Bonchev–Trinajstić information content (AvgIpc) is 3.23. The molecule has 0 saturated heterocycles. The zero-order valence-corrected chi connectivity index (χ0v) is 17.3. The largest absolute Gasteiger partial charge is 0.454 e. The Labute approximate surface area is 174 Å². The lowest BCUT2D eigenvalue weighted by Gasteiger charge is -2.19. The monoisotopic (exact) mass is 446 g/mol. The van der Waals surface area contributed by atoms with Gasteiger partial charge in [-0.2, -0.15) is 0 Å². The van der Waals surface area contributed by atoms with Crippen LogP contribution in [0, 0.1) is 0 Å². The summed E-state index contributed by atoms with van der Waals surface area (Å²) in [6.07, 6.45) is 2.94. The summed E-state index contributed by atoms with van der Waals surface area (Å²) in [5.74, 6) is 0.771. The lowest BCUT2D eigenvalue weighted by atomic mass is 10.2. The highest BCUT2D eigenvalue weighted by Gasteiger charge is 2.31. The summed E-state index contributed by atoms with van der Waals surface area (Å²) in [5.41, 5.74) is 0.384. The van der Waals surface area contributed by atoms with Gasteiger partial charge >= 0.3 is 0 Å². The van der Waals surface area contributed by atoms with Crippen molar-refractivity contribution in [2.24, 2.45) is 0 Å². The zero-order chi connectivity index (χ0) is 21.2. The van der Waals surface area contributed by atoms with Crippen molar-refractivity contribution >= 4 is 19.9 Å². The Kier molecular flexibility index (Phi) is 5.46. The highest BCUT2D eigenvalue weighted by atomic mass is 32.2. The number of ether oxygens (including phenoxy) is 2. The van der Waals surface area contributed by atoms with Crippen molar-refractivity contribution in [2.45, 2.75) is 15.0 Å². The number of nitrogens with zero attached hydrogens (tertiary/aromatic N) is 1. The van der Waals surface area contributed by atoms with E-state index in [4.69, 9.17) is 9.47 Å². The van der Waals surface area contributed by atoms with Gasteiger partial charge in [0.25, 0.3) is 0 Å². The van der Waals surface area contributed by atoms with Crippen LogP contribution in [0.1, 0.15) is 10.8 Å². The van der Waals surface area contributed by atoms with E-state index in [-0.39, 0.29) is 23.1 Å². The number of hydrogen-bond acceptors (Lipinski definition) is 7. The Bertz CT molecular complexity index is 1250. The molecule has 1 aromatic heterocycles. The number of benzene rings is 2. The van der Waals surface area contributed by atoms with Crippen molar-refractivity contribution in [3.8, 4) is 11.5 Å². The summed E-state index contributed by atoms with van der Waals surface area (Å²) in [5, 5.41) is -1.16. The smallest absolute Gasteiger partial charge is 0.240 e. The molecule has 0 fully saturated rings. The molecule has 30 heavy (non-hydrogen) atoms. The lowest BCUT2D eigenvalue weighted by molar-refractivity contribution is 0.174. The van der Waals surface area contributed by atoms with Crippen molar-refractivity contribution in [1.82, 2.24) is 9.71 Å². The molecule has 0 spiro atoms. The van der Waals surface area contributed by atoms with E-state index >= 15 is 0 Å². The van der Waals surface area contributed by atoms with Crippen molar-refractivity contribution in [3.05, 3.63) is 78.6 Å². The fourth-order valence-electron chi connectivity index (χ4n) is 3.06. The van der Waals surface area contributed by atoms with Crippen molar-refractivity contribution in [2.75, 3.05) is 13.3 Å². The van der Waals surface area contributed by atoms with E-state index < -0.39 is 25.1 Å². The minimum Gasteiger partial charge on any atom is -0.454 e. The maximum absolute atomic E-state index is 13.2. The topological polar surface area (TPSA) is 112 Å². The summed E-state index contributed by atoms with van der Waals surface area (Å²) in [4.78, 5) is 4.03. The van der Waals surface area contributed by atoms with Crippen LogP contribution in [0.4, 0.5) is 0 Å². The second-order valence-electron chi connectivity index (χ2n) is 6.50. The molecule has 4 rings (SSSR count). The first kappa shape index (κ1) is 20.3. The maximum Gasteiger partial charge on any atom is 0.240 e. The third-order valence-electron chi connectivity index (χ3n) is 4.62. The fourth-order valence-corrected chi connectivity index (χ4v) is 5.89. The molecule has 0 bridgehead atoms. The number of sulfonamides is 1. The lowest BCUT2D eigenvalue weighted by Crippen LogP contribution is -2.32. The van der Waals surface area contributed by atoms with E-state index in [1.807, 2.05) is 0 Å². The molecule has 1 N–H and O–H groups in total. The minimum absolute atomic E-state index is 0.0185. The predicted octanol–water partition coefficient (Wildman–Crippen LogP) is 2.30. The third-order valence-corrected chi connectivity index (χ3v) is 8.15. The summed E-state index contributed by atoms with van der Waals surface area (Å²) >= 11 is 0. The van der Waals surface area contributed by atoms with Gasteiger partial charge in [-0.3, -0.25) is 4.98 Å². The number of nitrogens with one attached hydrogen (secondary N) is 1. The van der Waals surface area contributed by atoms with Gasteiger partial charge < -0.3 is 9.47 Å². The second kappa shape index (κ2) is 8.05. The van der Waals surface area contributed by atoms with E-state index in [9.17, 15) is 16.8 Å². The first-order chi connectivity index (χ1) is 14.4. The van der Waals surface area contributed by atoms with Crippen LogP contribution in [0.2, 0.25) is 0 Å². The van der Waals surface area contributed by atoms with E-state index in [1.165, 1.54) is 42.7 Å². The number of fused-ring (bicyclic) bond motifs is 1. The summed E-state index contributed by atoms with van der Waals surface area (Å²) < 4.78 is 64.9. The molecule has 0 unspecified atom stereocenters. The molecule has 2 heterocycles. The van der Waals surface area contributed by atoms with Crippen molar-refractivity contribution < 1.29 is 26.3 Å². The summed E-state index contributed by atoms with van der Waals surface area (Å²) in [6, 6.07) is 15.3. The molecule has 8 nitrogen and oxygen atoms in total. The Morgan fingerprint density at radius 2 is 1.67 bits per heavy atom. The molecule has 0 aliphatic carbocycles. The van der Waals surface area contributed by atoms with E-state index in [1.54, 1.807) is 30.3 Å². The summed E-state index contributed by atoms with van der Waals surface area (Å²) in [6.45, 7) is -0.343. The van der Waals surface area contributed by atoms with Gasteiger partial charge in [0.2, 0.25) is 16.8 Å². The highest BCUT2D eigenvalue weighted by Crippen LogP contribution is 2.34. The number of sulfone groups is 1. The van der Waals surface area contributed by atoms with Crippen LogP contribution in [0.5, 0.6) is 11.5 Å². The fraction of sp³-hybridized carbons (Fsp3) is 0.150. The second-order valence-corrected chi connectivity index (χ2v) is 10.4. The van der Waals surface area contributed by atoms with E-state index in [2.05, 4.69) is 9.71 Å². The Hall–Kier alpha value is -2.95. The van der Waals surface area contributed by atoms with Gasteiger partial charge in [0.05, 0.1) is 9.79 Å². The highest BCUT2D eigenvalue weighted by molar-refractivity contribution is 7.92. The number of aromatic nitrogens is 1. The van der Waals surface area contributed by atoms with E-state index in [0.29, 0.717) is 17.1 Å². The molecule has 10 heteroatoms. The molecule has 1 aliphatic heterocycles. The Morgan fingerprint density at radius 1 is 0.900 bits per heavy atom. The van der Waals surface area contributed by atoms with Crippen LogP contribution < -0.4 is 14.2 Å². The van der Waals surface area contributed by atoms with Gasteiger partial charge in [-0.15, -0.1) is 0 Å². The van der Waals surface area contributed by atoms with Crippen molar-refractivity contribution in [3.63, 3.8) is 0 Å². The molecular weight excluding hydrogens is 428 g/mol. The van der Waals surface area contributed by atoms with Gasteiger partial charge in [-0.25, -0.2) is 21.6 Å². The van der Waals surface area contributed by atoms with Crippen LogP contribution in [0.25, 0.3) is 0 Å². The van der Waals surface area contributed by atoms with Crippen LogP contribution >= 0.6 is 0 Å². The van der Waals surface area contributed by atoms with Crippen LogP contribution in [-0.4, -0.2) is 35.2 Å². The summed E-state index contributed by atoms with van der Waals surface area (Å²) in [7, 11) is -7.88. The van der Waals surface area contributed by atoms with Gasteiger partial charge in [0.1, 0.15) is 5.25 Å². The normalized spacial score (nSPS) is 14.4. The predicted molar refractivity (Wildman–Crippen MR) is 108 cm³/mol. The quantitative estimate of drug-likeness (QED) is 0.593. The number of rotatable bonds is 7. The molecular formula is C20H18N2O6S2. The number of hydrogen-bond donors (Lipinski definition) is 1. The number of pyridine rings is 1. The van der Waals surface area contributed by atoms with Crippen molar-refractivity contribution in [1.29, 1.82) is 0 Å². The molecule has 3 aromatic rings. The van der Waals surface area contributed by atoms with Gasteiger partial charge in [-0.05, 0) is 35.9 Å². The Balaban J connectivity index is 1.64. The SMILES string of the molecule is O=S(=O)(NC[C@H](c1cccnc1)S(=O)(=O)c1ccccc1)c1ccc2c(c1)OCO2. The van der Waals surface area contributed by atoms with Crippen LogP contribution in [0.3, 0.4) is 0 Å². The van der Waals surface area contributed by atoms with E-state index in [0.717, 1.165) is 0 Å². The van der Waals surface area contributed by atoms with Gasteiger partial charge in [-0.1, -0.05) is 24.3 Å². The Morgan fingerprint density at radius 3 is 2.40 bits per heavy atom. The van der Waals surface area contributed by atoms with Gasteiger partial charge in [0, 0.05) is 25.0 Å². The average molecular weight is 447 g/mol. The minimum atomic E-state index is -4.00. The molecule has 2 aromatic carbocycles. The van der Waals surface area contributed by atoms with Crippen LogP contribution in [0.15, 0.2) is 82.8 Å². The first-order valence-corrected chi connectivity index (χ1v) is 12.0. The molecule has 1 atom stereocenters. The molecule has 0 amide bonds. The molecule has 0 saturated carbocycles. The van der Waals surface area contributed by atoms with Crippen LogP contribution in [-0.2, 0) is 19.9 Å². The standard InChI is InChI=1S/C20H18N2O6S2/c23-29(24,16-6-2-1-3-7-16)20(15-5-4-10-21-12-15)13-22-30(25,26)17-8-9-18-19(11-17)28-14-27-18/h1-12,20,22H,13-14H2/t20-/m1/s1. The first-order valence-electron chi connectivity index (χ1n) is 8.96. The molecule has 156 valence electrons. The van der Waals surface area contributed by atoms with Gasteiger partial charge in [0.15, 0.2) is 21.3 Å².